The van der Waals surface area contributed by atoms with Gasteiger partial charge in [-0.25, -0.2) is 8.78 Å². The zero-order chi connectivity index (χ0) is 19.3. The number of carbonyl (C=O) groups excluding carboxylic acids is 2. The van der Waals surface area contributed by atoms with Gasteiger partial charge in [-0.1, -0.05) is 19.9 Å². The predicted octanol–water partition coefficient (Wildman–Crippen LogP) is 2.75. The molecular weight excluding hydrogens is 342 g/mol. The fourth-order valence-corrected chi connectivity index (χ4v) is 3.05. The molecule has 1 aliphatic heterocycles. The molecule has 0 bridgehead atoms. The number of nitrogens with zero attached hydrogens (tertiary/aromatic N) is 1. The van der Waals surface area contributed by atoms with Crippen molar-refractivity contribution in [1.29, 1.82) is 0 Å². The van der Waals surface area contributed by atoms with E-state index in [1.165, 1.54) is 6.07 Å². The summed E-state index contributed by atoms with van der Waals surface area (Å²) in [4.78, 5) is 26.9. The molecule has 2 rings (SSSR count). The minimum Gasteiger partial charge on any atom is -0.376 e. The summed E-state index contributed by atoms with van der Waals surface area (Å²) in [5, 5.41) is 2.50. The van der Waals surface area contributed by atoms with E-state index >= 15 is 0 Å². The highest BCUT2D eigenvalue weighted by Crippen LogP contribution is 2.17. The number of halogens is 2. The minimum atomic E-state index is -0.954. The molecule has 144 valence electrons. The van der Waals surface area contributed by atoms with E-state index in [1.807, 2.05) is 6.92 Å². The Morgan fingerprint density at radius 2 is 1.96 bits per heavy atom. The molecule has 2 amide bonds. The Balaban J connectivity index is 2.13. The number of likely N-dealkylation sites (N-methyl/N-ethyl adjacent to an activating group) is 1. The molecule has 1 saturated heterocycles. The van der Waals surface area contributed by atoms with Gasteiger partial charge in [0.05, 0.1) is 6.10 Å². The van der Waals surface area contributed by atoms with Gasteiger partial charge in [-0.15, -0.1) is 0 Å². The quantitative estimate of drug-likeness (QED) is 0.805. The zero-order valence-electron chi connectivity index (χ0n) is 15.4. The molecular formula is C19H26F2N2O3. The smallest absolute Gasteiger partial charge is 0.257 e. The molecule has 0 radical (unpaired) electrons. The molecule has 26 heavy (non-hydrogen) atoms. The average molecular weight is 368 g/mol. The Bertz CT molecular complexity index is 625. The normalized spacial score (nSPS) is 18.0. The summed E-state index contributed by atoms with van der Waals surface area (Å²) in [6, 6.07) is 2.34. The summed E-state index contributed by atoms with van der Waals surface area (Å²) in [7, 11) is 0. The monoisotopic (exact) mass is 368 g/mol. The van der Waals surface area contributed by atoms with E-state index < -0.39 is 29.1 Å². The summed E-state index contributed by atoms with van der Waals surface area (Å²) < 4.78 is 33.2. The molecule has 0 aliphatic carbocycles. The highest BCUT2D eigenvalue weighted by Gasteiger charge is 2.31. The van der Waals surface area contributed by atoms with Crippen LogP contribution < -0.4 is 5.32 Å². The van der Waals surface area contributed by atoms with Crippen molar-refractivity contribution in [2.75, 3.05) is 19.7 Å². The summed E-state index contributed by atoms with van der Waals surface area (Å²) >= 11 is 0. The highest BCUT2D eigenvalue weighted by atomic mass is 19.1. The molecule has 1 N–H and O–H groups in total. The average Bonchev–Trinajstić information content (AvgIpc) is 3.09. The molecule has 0 unspecified atom stereocenters. The molecule has 7 heteroatoms. The first-order chi connectivity index (χ1) is 12.3. The van der Waals surface area contributed by atoms with Crippen LogP contribution in [0.25, 0.3) is 0 Å². The van der Waals surface area contributed by atoms with Crippen LogP contribution in [0.2, 0.25) is 0 Å². The van der Waals surface area contributed by atoms with Crippen LogP contribution in [-0.2, 0) is 9.53 Å². The van der Waals surface area contributed by atoms with Crippen molar-refractivity contribution in [2.24, 2.45) is 5.92 Å². The fraction of sp³-hybridized carbons (Fsp3) is 0.579. The van der Waals surface area contributed by atoms with Crippen molar-refractivity contribution in [2.45, 2.75) is 45.8 Å². The van der Waals surface area contributed by atoms with Crippen molar-refractivity contribution in [3.05, 3.63) is 35.4 Å². The third-order valence-corrected chi connectivity index (χ3v) is 4.55. The number of ether oxygens (including phenoxy) is 1. The SMILES string of the molecule is CCN(C[C@@H]1CCCO1)C(=O)[C@H](NC(=O)c1c(F)cccc1F)C(C)C. The summed E-state index contributed by atoms with van der Waals surface area (Å²) in [6.07, 6.45) is 1.85. The molecule has 0 aromatic heterocycles. The minimum absolute atomic E-state index is 0.00794. The maximum Gasteiger partial charge on any atom is 0.257 e. The van der Waals surface area contributed by atoms with Gasteiger partial charge in [0.25, 0.3) is 5.91 Å². The van der Waals surface area contributed by atoms with E-state index in [1.54, 1.807) is 18.7 Å². The molecule has 5 nitrogen and oxygen atoms in total. The standard InChI is InChI=1S/C19H26F2N2O3/c1-4-23(11-13-7-6-10-26-13)19(25)17(12(2)3)22-18(24)16-14(20)8-5-9-15(16)21/h5,8-9,12-13,17H,4,6-7,10-11H2,1-3H3,(H,22,24)/t13-,17+/m0/s1. The van der Waals surface area contributed by atoms with Gasteiger partial charge < -0.3 is 15.0 Å². The van der Waals surface area contributed by atoms with E-state index in [2.05, 4.69) is 5.32 Å². The highest BCUT2D eigenvalue weighted by molar-refractivity contribution is 5.98. The summed E-state index contributed by atoms with van der Waals surface area (Å²) in [5.41, 5.74) is -0.673. The van der Waals surface area contributed by atoms with Gasteiger partial charge in [-0.2, -0.15) is 0 Å². The lowest BCUT2D eigenvalue weighted by molar-refractivity contribution is -0.135. The van der Waals surface area contributed by atoms with Crippen LogP contribution in [0.15, 0.2) is 18.2 Å². The lowest BCUT2D eigenvalue weighted by atomic mass is 10.0. The third kappa shape index (κ3) is 4.78. The van der Waals surface area contributed by atoms with Crippen molar-refractivity contribution in [1.82, 2.24) is 10.2 Å². The van der Waals surface area contributed by atoms with E-state index in [0.29, 0.717) is 19.7 Å². The Morgan fingerprint density at radius 3 is 2.46 bits per heavy atom. The van der Waals surface area contributed by atoms with E-state index in [-0.39, 0.29) is 17.9 Å². The molecule has 1 aromatic carbocycles. The number of nitrogens with one attached hydrogen (secondary N) is 1. The second-order valence-corrected chi connectivity index (χ2v) is 6.80. The lowest BCUT2D eigenvalue weighted by Gasteiger charge is -2.30. The summed E-state index contributed by atoms with van der Waals surface area (Å²) in [5.74, 6) is -3.35. The van der Waals surface area contributed by atoms with Gasteiger partial charge in [-0.05, 0) is 37.8 Å². The van der Waals surface area contributed by atoms with E-state index in [0.717, 1.165) is 25.0 Å². The topological polar surface area (TPSA) is 58.6 Å². The largest absolute Gasteiger partial charge is 0.376 e. The van der Waals surface area contributed by atoms with Crippen LogP contribution >= 0.6 is 0 Å². The molecule has 0 spiro atoms. The van der Waals surface area contributed by atoms with Crippen LogP contribution in [0, 0.1) is 17.6 Å². The Labute approximate surface area is 152 Å². The first-order valence-electron chi connectivity index (χ1n) is 9.00. The van der Waals surface area contributed by atoms with Crippen LogP contribution in [0.4, 0.5) is 8.78 Å². The second kappa shape index (κ2) is 9.07. The summed E-state index contributed by atoms with van der Waals surface area (Å²) in [6.45, 7) is 7.01. The van der Waals surface area contributed by atoms with Gasteiger partial charge in [-0.3, -0.25) is 9.59 Å². The van der Waals surface area contributed by atoms with Crippen LogP contribution in [-0.4, -0.2) is 48.6 Å². The van der Waals surface area contributed by atoms with Crippen molar-refractivity contribution >= 4 is 11.8 Å². The van der Waals surface area contributed by atoms with Crippen molar-refractivity contribution in [3.63, 3.8) is 0 Å². The molecule has 1 aromatic rings. The van der Waals surface area contributed by atoms with Gasteiger partial charge in [0.2, 0.25) is 5.91 Å². The zero-order valence-corrected chi connectivity index (χ0v) is 15.4. The van der Waals surface area contributed by atoms with Gasteiger partial charge in [0, 0.05) is 19.7 Å². The predicted molar refractivity (Wildman–Crippen MR) is 93.7 cm³/mol. The molecule has 2 atom stereocenters. The number of carbonyl (C=O) groups is 2. The van der Waals surface area contributed by atoms with Crippen LogP contribution in [0.1, 0.15) is 44.0 Å². The molecule has 1 aliphatic rings. The maximum absolute atomic E-state index is 13.8. The third-order valence-electron chi connectivity index (χ3n) is 4.55. The Morgan fingerprint density at radius 1 is 1.31 bits per heavy atom. The van der Waals surface area contributed by atoms with Crippen molar-refractivity contribution in [3.8, 4) is 0 Å². The first-order valence-corrected chi connectivity index (χ1v) is 9.00. The Hall–Kier alpha value is -2.02. The number of benzene rings is 1. The lowest BCUT2D eigenvalue weighted by Crippen LogP contribution is -2.52. The van der Waals surface area contributed by atoms with Gasteiger partial charge in [0.15, 0.2) is 0 Å². The van der Waals surface area contributed by atoms with Crippen LogP contribution in [0.5, 0.6) is 0 Å². The van der Waals surface area contributed by atoms with Crippen LogP contribution in [0.3, 0.4) is 0 Å². The molecule has 1 heterocycles. The first kappa shape index (κ1) is 20.3. The van der Waals surface area contributed by atoms with Crippen molar-refractivity contribution < 1.29 is 23.1 Å². The van der Waals surface area contributed by atoms with Gasteiger partial charge in [0.1, 0.15) is 23.2 Å². The molecule has 0 saturated carbocycles. The number of hydrogen-bond acceptors (Lipinski definition) is 3. The number of rotatable bonds is 7. The fourth-order valence-electron chi connectivity index (χ4n) is 3.05. The Kier molecular flexibility index (Phi) is 7.08. The number of amides is 2. The molecule has 1 fully saturated rings. The number of hydrogen-bond donors (Lipinski definition) is 1. The van der Waals surface area contributed by atoms with Gasteiger partial charge >= 0.3 is 0 Å². The second-order valence-electron chi connectivity index (χ2n) is 6.80. The maximum atomic E-state index is 13.8. The van der Waals surface area contributed by atoms with E-state index in [9.17, 15) is 18.4 Å². The van der Waals surface area contributed by atoms with E-state index in [4.69, 9.17) is 4.74 Å².